The van der Waals surface area contributed by atoms with E-state index in [4.69, 9.17) is 16.3 Å². The van der Waals surface area contributed by atoms with E-state index in [2.05, 4.69) is 6.07 Å². The fourth-order valence-electron chi connectivity index (χ4n) is 3.09. The molecule has 0 atom stereocenters. The Morgan fingerprint density at radius 2 is 1.85 bits per heavy atom. The normalized spacial score (nSPS) is 15.9. The van der Waals surface area contributed by atoms with E-state index in [0.29, 0.717) is 13.0 Å². The molecule has 0 saturated heterocycles. The smallest absolute Gasteiger partial charge is 0.163 e. The van der Waals surface area contributed by atoms with Crippen LogP contribution >= 0.6 is 11.6 Å². The molecule has 20 heavy (non-hydrogen) atoms. The van der Waals surface area contributed by atoms with E-state index in [0.717, 1.165) is 51.4 Å². The van der Waals surface area contributed by atoms with Crippen molar-refractivity contribution in [2.75, 3.05) is 0 Å². The number of fused-ring (bicyclic) bond motifs is 4. The number of ether oxygens (including phenoxy) is 1. The zero-order valence-electron chi connectivity index (χ0n) is 10.9. The lowest BCUT2D eigenvalue weighted by atomic mass is 9.86. The lowest BCUT2D eigenvalue weighted by molar-refractivity contribution is 0.0972. The highest BCUT2D eigenvalue weighted by atomic mass is 35.5. The number of hydrogen-bond donors (Lipinski definition) is 0. The van der Waals surface area contributed by atoms with Gasteiger partial charge in [0.05, 0.1) is 0 Å². The zero-order chi connectivity index (χ0) is 13.7. The lowest BCUT2D eigenvalue weighted by Gasteiger charge is -2.24. The van der Waals surface area contributed by atoms with Gasteiger partial charge in [0.15, 0.2) is 5.78 Å². The molecule has 1 aliphatic carbocycles. The Hall–Kier alpha value is -1.80. The van der Waals surface area contributed by atoms with Gasteiger partial charge in [-0.25, -0.2) is 0 Å². The van der Waals surface area contributed by atoms with E-state index in [1.54, 1.807) is 0 Å². The number of hydrogen-bond acceptors (Lipinski definition) is 2. The van der Waals surface area contributed by atoms with Crippen LogP contribution in [0.4, 0.5) is 0 Å². The summed E-state index contributed by atoms with van der Waals surface area (Å²) in [7, 11) is 0. The monoisotopic (exact) mass is 284 g/mol. The van der Waals surface area contributed by atoms with Crippen molar-refractivity contribution in [2.24, 2.45) is 0 Å². The average molecular weight is 285 g/mol. The minimum Gasteiger partial charge on any atom is -0.488 e. The second kappa shape index (κ2) is 4.35. The summed E-state index contributed by atoms with van der Waals surface area (Å²) < 4.78 is 5.81. The predicted octanol–water partition coefficient (Wildman–Crippen LogP) is 4.42. The van der Waals surface area contributed by atoms with Gasteiger partial charge in [0.25, 0.3) is 0 Å². The highest BCUT2D eigenvalue weighted by Gasteiger charge is 2.24. The van der Waals surface area contributed by atoms with E-state index in [1.807, 2.05) is 24.3 Å². The molecule has 0 saturated carbocycles. The number of halogens is 1. The number of carbonyl (C=O) groups excluding carboxylic acids is 1. The van der Waals surface area contributed by atoms with Crippen molar-refractivity contribution >= 4 is 17.4 Å². The number of rotatable bonds is 0. The third-order valence-electron chi connectivity index (χ3n) is 4.10. The van der Waals surface area contributed by atoms with Crippen molar-refractivity contribution < 1.29 is 9.53 Å². The first kappa shape index (κ1) is 12.0. The van der Waals surface area contributed by atoms with Crippen LogP contribution in [0.5, 0.6) is 5.75 Å². The van der Waals surface area contributed by atoms with E-state index >= 15 is 0 Å². The Balaban J connectivity index is 1.93. The van der Waals surface area contributed by atoms with Gasteiger partial charge in [-0.2, -0.15) is 0 Å². The molecule has 1 aliphatic heterocycles. The molecule has 0 unspecified atom stereocenters. The van der Waals surface area contributed by atoms with Crippen LogP contribution in [0.25, 0.3) is 11.1 Å². The first-order valence-electron chi connectivity index (χ1n) is 6.84. The molecule has 0 bridgehead atoms. The summed E-state index contributed by atoms with van der Waals surface area (Å²) in [6, 6.07) is 9.93. The fourth-order valence-corrected chi connectivity index (χ4v) is 3.29. The molecule has 0 spiro atoms. The number of benzene rings is 2. The summed E-state index contributed by atoms with van der Waals surface area (Å²) in [4.78, 5) is 12.0. The fraction of sp³-hybridized carbons (Fsp3) is 0.235. The lowest BCUT2D eigenvalue weighted by Crippen LogP contribution is -2.13. The van der Waals surface area contributed by atoms with Crippen LogP contribution in [-0.4, -0.2) is 5.78 Å². The standard InChI is InChI=1S/C17H13ClO2/c18-12-4-5-13-11(6-12)9-20-17-8-14-10(7-15(13)17)2-1-3-16(14)19/h4-8H,1-3,9H2. The molecule has 2 nitrogen and oxygen atoms in total. The Morgan fingerprint density at radius 1 is 0.950 bits per heavy atom. The van der Waals surface area contributed by atoms with Gasteiger partial charge in [0.2, 0.25) is 0 Å². The van der Waals surface area contributed by atoms with Crippen molar-refractivity contribution in [2.45, 2.75) is 25.9 Å². The Bertz CT molecular complexity index is 734. The summed E-state index contributed by atoms with van der Waals surface area (Å²) in [6.45, 7) is 0.510. The number of ketones is 1. The van der Waals surface area contributed by atoms with Crippen LogP contribution in [0.15, 0.2) is 30.3 Å². The number of Topliss-reactive ketones (excluding diaryl/α,β-unsaturated/α-hetero) is 1. The van der Waals surface area contributed by atoms with Gasteiger partial charge in [-0.3, -0.25) is 4.79 Å². The summed E-state index contributed by atoms with van der Waals surface area (Å²) in [5.41, 5.74) is 5.33. The molecule has 0 radical (unpaired) electrons. The van der Waals surface area contributed by atoms with E-state index in [-0.39, 0.29) is 5.78 Å². The number of carbonyl (C=O) groups is 1. The van der Waals surface area contributed by atoms with Gasteiger partial charge in [0.1, 0.15) is 12.4 Å². The SMILES string of the molecule is O=C1CCCc2cc3c(cc21)OCc1cc(Cl)ccc1-3. The maximum absolute atomic E-state index is 12.0. The highest BCUT2D eigenvalue weighted by Crippen LogP contribution is 2.41. The largest absolute Gasteiger partial charge is 0.488 e. The highest BCUT2D eigenvalue weighted by molar-refractivity contribution is 6.30. The number of aryl methyl sites for hydroxylation is 1. The minimum atomic E-state index is 0.236. The topological polar surface area (TPSA) is 26.3 Å². The van der Waals surface area contributed by atoms with Crippen LogP contribution in [0, 0.1) is 0 Å². The summed E-state index contributed by atoms with van der Waals surface area (Å²) in [5.74, 6) is 1.05. The van der Waals surface area contributed by atoms with Crippen LogP contribution in [0.1, 0.15) is 34.3 Å². The molecule has 2 aromatic carbocycles. The molecule has 0 N–H and O–H groups in total. The Morgan fingerprint density at radius 3 is 2.75 bits per heavy atom. The molecule has 0 fully saturated rings. The molecule has 0 amide bonds. The third kappa shape index (κ3) is 1.75. The molecule has 1 heterocycles. The summed E-state index contributed by atoms with van der Waals surface area (Å²) in [6.07, 6.45) is 2.56. The molecule has 4 rings (SSSR count). The molecule has 2 aliphatic rings. The van der Waals surface area contributed by atoms with Crippen molar-refractivity contribution in [1.29, 1.82) is 0 Å². The molecule has 2 aromatic rings. The van der Waals surface area contributed by atoms with E-state index < -0.39 is 0 Å². The quantitative estimate of drug-likeness (QED) is 0.716. The zero-order valence-corrected chi connectivity index (χ0v) is 11.7. The van der Waals surface area contributed by atoms with E-state index in [9.17, 15) is 4.79 Å². The molecular formula is C17H13ClO2. The van der Waals surface area contributed by atoms with Gasteiger partial charge >= 0.3 is 0 Å². The molecular weight excluding hydrogens is 272 g/mol. The molecule has 3 heteroatoms. The van der Waals surface area contributed by atoms with Crippen molar-refractivity contribution in [3.05, 3.63) is 52.0 Å². The van der Waals surface area contributed by atoms with Crippen molar-refractivity contribution in [1.82, 2.24) is 0 Å². The van der Waals surface area contributed by atoms with Gasteiger partial charge in [-0.1, -0.05) is 17.7 Å². The molecule has 0 aromatic heterocycles. The second-order valence-electron chi connectivity index (χ2n) is 5.37. The van der Waals surface area contributed by atoms with Gasteiger partial charge in [-0.15, -0.1) is 0 Å². The maximum atomic E-state index is 12.0. The maximum Gasteiger partial charge on any atom is 0.163 e. The third-order valence-corrected chi connectivity index (χ3v) is 4.33. The average Bonchev–Trinajstić information content (AvgIpc) is 2.45. The summed E-state index contributed by atoms with van der Waals surface area (Å²) >= 11 is 6.04. The van der Waals surface area contributed by atoms with Crippen LogP contribution in [-0.2, 0) is 13.0 Å². The first-order chi connectivity index (χ1) is 9.72. The van der Waals surface area contributed by atoms with E-state index in [1.165, 1.54) is 0 Å². The van der Waals surface area contributed by atoms with Crippen molar-refractivity contribution in [3.8, 4) is 16.9 Å². The van der Waals surface area contributed by atoms with Crippen LogP contribution in [0.2, 0.25) is 5.02 Å². The summed E-state index contributed by atoms with van der Waals surface area (Å²) in [5, 5.41) is 0.726. The van der Waals surface area contributed by atoms with Crippen molar-refractivity contribution in [3.63, 3.8) is 0 Å². The predicted molar refractivity (Wildman–Crippen MR) is 78.5 cm³/mol. The second-order valence-corrected chi connectivity index (χ2v) is 5.81. The molecule has 100 valence electrons. The Kier molecular flexibility index (Phi) is 2.61. The van der Waals surface area contributed by atoms with Gasteiger partial charge in [0, 0.05) is 22.6 Å². The minimum absolute atomic E-state index is 0.236. The van der Waals surface area contributed by atoms with Gasteiger partial charge in [-0.05, 0) is 53.8 Å². The van der Waals surface area contributed by atoms with Gasteiger partial charge < -0.3 is 4.74 Å². The van der Waals surface area contributed by atoms with Crippen LogP contribution < -0.4 is 4.74 Å². The first-order valence-corrected chi connectivity index (χ1v) is 7.22. The van der Waals surface area contributed by atoms with Crippen LogP contribution in [0.3, 0.4) is 0 Å². The Labute approximate surface area is 122 Å².